The van der Waals surface area contributed by atoms with Gasteiger partial charge in [-0.25, -0.2) is 14.8 Å². The minimum absolute atomic E-state index is 0.161. The van der Waals surface area contributed by atoms with Gasteiger partial charge in [-0.15, -0.1) is 0 Å². The summed E-state index contributed by atoms with van der Waals surface area (Å²) < 4.78 is 5.31. The van der Waals surface area contributed by atoms with E-state index in [1.54, 1.807) is 12.1 Å². The molecule has 2 saturated heterocycles. The number of carbonyl (C=O) groups excluding carboxylic acids is 1. The summed E-state index contributed by atoms with van der Waals surface area (Å²) in [4.78, 5) is 33.6. The van der Waals surface area contributed by atoms with E-state index >= 15 is 0 Å². The van der Waals surface area contributed by atoms with E-state index in [-0.39, 0.29) is 23.9 Å². The number of ether oxygens (including phenoxy) is 1. The zero-order valence-electron chi connectivity index (χ0n) is 16.4. The molecule has 1 aromatic carbocycles. The fourth-order valence-corrected chi connectivity index (χ4v) is 3.76. The Balaban J connectivity index is 0.000000755. The van der Waals surface area contributed by atoms with Gasteiger partial charge in [0.1, 0.15) is 18.2 Å². The van der Waals surface area contributed by atoms with Gasteiger partial charge in [-0.3, -0.25) is 9.69 Å². The van der Waals surface area contributed by atoms with Gasteiger partial charge in [0.25, 0.3) is 6.47 Å². The summed E-state index contributed by atoms with van der Waals surface area (Å²) in [5, 5.41) is 17.0. The Kier molecular flexibility index (Phi) is 5.86. The molecule has 1 aromatic heterocycles. The van der Waals surface area contributed by atoms with E-state index in [0.717, 1.165) is 17.9 Å². The first-order valence-corrected chi connectivity index (χ1v) is 9.35. The van der Waals surface area contributed by atoms with E-state index in [9.17, 15) is 9.90 Å². The van der Waals surface area contributed by atoms with Gasteiger partial charge < -0.3 is 19.8 Å². The Morgan fingerprint density at radius 2 is 2.00 bits per heavy atom. The lowest BCUT2D eigenvalue weighted by Crippen LogP contribution is -2.61. The number of anilines is 1. The number of aromatic hydroxyl groups is 1. The van der Waals surface area contributed by atoms with Crippen LogP contribution in [0.4, 0.5) is 10.6 Å². The second-order valence-electron chi connectivity index (χ2n) is 7.02. The molecule has 2 aromatic rings. The number of carbonyl (C=O) groups is 2. The van der Waals surface area contributed by atoms with Crippen LogP contribution >= 0.6 is 0 Å². The molecule has 2 aliphatic heterocycles. The number of phenolic OH excluding ortho intramolecular Hbond substituents is 1. The molecular formula is C20H24N4O5. The second kappa shape index (κ2) is 8.34. The van der Waals surface area contributed by atoms with Crippen molar-refractivity contribution in [3.8, 4) is 17.1 Å². The van der Waals surface area contributed by atoms with E-state index in [1.165, 1.54) is 0 Å². The van der Waals surface area contributed by atoms with Gasteiger partial charge in [0.2, 0.25) is 0 Å². The molecule has 1 atom stereocenters. The van der Waals surface area contributed by atoms with E-state index < -0.39 is 0 Å². The Hall–Kier alpha value is -3.36. The monoisotopic (exact) mass is 400 g/mol. The Labute approximate surface area is 168 Å². The van der Waals surface area contributed by atoms with Gasteiger partial charge in [-0.05, 0) is 25.5 Å². The van der Waals surface area contributed by atoms with Crippen LogP contribution < -0.4 is 4.90 Å². The van der Waals surface area contributed by atoms with E-state index in [1.807, 2.05) is 30.0 Å². The number of benzene rings is 1. The van der Waals surface area contributed by atoms with Crippen LogP contribution in [0.5, 0.6) is 5.75 Å². The van der Waals surface area contributed by atoms with Crippen molar-refractivity contribution >= 4 is 18.4 Å². The molecule has 9 heteroatoms. The number of carboxylic acid groups (broad SMARTS) is 1. The van der Waals surface area contributed by atoms with Crippen LogP contribution in [0, 0.1) is 6.92 Å². The van der Waals surface area contributed by atoms with Crippen LogP contribution in [0.2, 0.25) is 0 Å². The number of phenols is 1. The summed E-state index contributed by atoms with van der Waals surface area (Å²) in [5.41, 5.74) is 1.14. The number of fused-ring (bicyclic) bond motifs is 1. The predicted octanol–water partition coefficient (Wildman–Crippen LogP) is 2.28. The Bertz CT molecular complexity index is 906. The van der Waals surface area contributed by atoms with Crippen molar-refractivity contribution in [3.63, 3.8) is 0 Å². The van der Waals surface area contributed by atoms with Crippen molar-refractivity contribution in [1.29, 1.82) is 0 Å². The molecule has 2 N–H and O–H groups in total. The highest BCUT2D eigenvalue weighted by Crippen LogP contribution is 2.34. The average Bonchev–Trinajstić information content (AvgIpc) is 3.05. The van der Waals surface area contributed by atoms with Crippen LogP contribution in [0.3, 0.4) is 0 Å². The fourth-order valence-electron chi connectivity index (χ4n) is 3.76. The molecule has 0 radical (unpaired) electrons. The minimum Gasteiger partial charge on any atom is -0.507 e. The predicted molar refractivity (Wildman–Crippen MR) is 106 cm³/mol. The third-order valence-corrected chi connectivity index (χ3v) is 5.30. The molecule has 1 unspecified atom stereocenters. The lowest BCUT2D eigenvalue weighted by molar-refractivity contribution is -0.122. The van der Waals surface area contributed by atoms with E-state index in [4.69, 9.17) is 19.6 Å². The molecule has 3 heterocycles. The number of piperazine rings is 1. The average molecular weight is 400 g/mol. The number of aryl methyl sites for hydroxylation is 1. The van der Waals surface area contributed by atoms with Crippen LogP contribution in [-0.4, -0.2) is 69.4 Å². The number of rotatable bonds is 3. The molecule has 0 saturated carbocycles. The van der Waals surface area contributed by atoms with Crippen molar-refractivity contribution < 1.29 is 24.5 Å². The topological polar surface area (TPSA) is 116 Å². The molecular weight excluding hydrogens is 376 g/mol. The standard InChI is InChI=1S/C19H22N4O3.CH2O2/c1-3-19-11-22(8-9-23(19)18(25)26-12-19)16-10-13(2)20-17(21-16)14-6-4-5-7-15(14)24;2-1-3/h4-7,10,24H,3,8-9,11-12H2,1-2H3;1H,(H,2,3). The molecule has 0 spiro atoms. The largest absolute Gasteiger partial charge is 0.507 e. The lowest BCUT2D eigenvalue weighted by atomic mass is 9.93. The normalized spacial score (nSPS) is 20.4. The number of nitrogens with zero attached hydrogens (tertiary/aromatic N) is 4. The third kappa shape index (κ3) is 3.94. The van der Waals surface area contributed by atoms with Crippen LogP contribution in [-0.2, 0) is 9.53 Å². The first-order valence-electron chi connectivity index (χ1n) is 9.35. The van der Waals surface area contributed by atoms with Crippen LogP contribution in [0.25, 0.3) is 11.4 Å². The number of cyclic esters (lactones) is 1. The first-order chi connectivity index (χ1) is 13.9. The summed E-state index contributed by atoms with van der Waals surface area (Å²) in [7, 11) is 0. The maximum atomic E-state index is 12.0. The minimum atomic E-state index is -0.302. The molecule has 0 aliphatic carbocycles. The van der Waals surface area contributed by atoms with Crippen molar-refractivity contribution in [1.82, 2.24) is 14.9 Å². The van der Waals surface area contributed by atoms with Gasteiger partial charge in [0.05, 0.1) is 11.1 Å². The number of hydrogen-bond acceptors (Lipinski definition) is 7. The van der Waals surface area contributed by atoms with E-state index in [2.05, 4.69) is 16.8 Å². The summed E-state index contributed by atoms with van der Waals surface area (Å²) in [5.74, 6) is 1.47. The van der Waals surface area contributed by atoms with Crippen LogP contribution in [0.15, 0.2) is 30.3 Å². The number of hydrogen-bond donors (Lipinski definition) is 2. The highest BCUT2D eigenvalue weighted by atomic mass is 16.6. The maximum absolute atomic E-state index is 12.0. The summed E-state index contributed by atoms with van der Waals surface area (Å²) in [6.07, 6.45) is 0.603. The molecule has 0 bridgehead atoms. The van der Waals surface area contributed by atoms with Gasteiger partial charge in [0, 0.05) is 31.4 Å². The van der Waals surface area contributed by atoms with Crippen molar-refractivity contribution in [3.05, 3.63) is 36.0 Å². The Morgan fingerprint density at radius 1 is 1.28 bits per heavy atom. The number of aromatic nitrogens is 2. The Morgan fingerprint density at radius 3 is 2.69 bits per heavy atom. The smallest absolute Gasteiger partial charge is 0.410 e. The summed E-state index contributed by atoms with van der Waals surface area (Å²) in [6.45, 7) is 6.14. The molecule has 9 nitrogen and oxygen atoms in total. The number of para-hydroxylation sites is 1. The van der Waals surface area contributed by atoms with Gasteiger partial charge in [-0.1, -0.05) is 19.1 Å². The zero-order valence-corrected chi connectivity index (χ0v) is 16.4. The quantitative estimate of drug-likeness (QED) is 0.754. The third-order valence-electron chi connectivity index (χ3n) is 5.30. The molecule has 4 rings (SSSR count). The van der Waals surface area contributed by atoms with E-state index in [0.29, 0.717) is 37.6 Å². The SMILES string of the molecule is CCC12COC(=O)N1CCN(c1cc(C)nc(-c3ccccc3O)n1)C2.O=CO. The van der Waals surface area contributed by atoms with Crippen molar-refractivity contribution in [2.75, 3.05) is 31.1 Å². The van der Waals surface area contributed by atoms with Gasteiger partial charge >= 0.3 is 6.09 Å². The van der Waals surface area contributed by atoms with Crippen molar-refractivity contribution in [2.24, 2.45) is 0 Å². The zero-order chi connectivity index (χ0) is 21.0. The molecule has 29 heavy (non-hydrogen) atoms. The van der Waals surface area contributed by atoms with Crippen molar-refractivity contribution in [2.45, 2.75) is 25.8 Å². The molecule has 2 fully saturated rings. The number of amides is 1. The molecule has 154 valence electrons. The summed E-state index contributed by atoms with van der Waals surface area (Å²) >= 11 is 0. The highest BCUT2D eigenvalue weighted by Gasteiger charge is 2.49. The summed E-state index contributed by atoms with van der Waals surface area (Å²) in [6, 6.07) is 9.01. The fraction of sp³-hybridized carbons (Fsp3) is 0.400. The maximum Gasteiger partial charge on any atom is 0.410 e. The lowest BCUT2D eigenvalue weighted by Gasteiger charge is -2.44. The highest BCUT2D eigenvalue weighted by molar-refractivity contribution is 5.72. The molecule has 2 aliphatic rings. The second-order valence-corrected chi connectivity index (χ2v) is 7.02. The van der Waals surface area contributed by atoms with Gasteiger partial charge in [-0.2, -0.15) is 0 Å². The van der Waals surface area contributed by atoms with Gasteiger partial charge in [0.15, 0.2) is 5.82 Å². The van der Waals surface area contributed by atoms with Crippen LogP contribution in [0.1, 0.15) is 19.0 Å². The first kappa shape index (κ1) is 20.4. The molecule has 1 amide bonds.